The van der Waals surface area contributed by atoms with Crippen LogP contribution in [0.5, 0.6) is 11.5 Å². The number of nitrogens with zero attached hydrogens (tertiary/aromatic N) is 3. The summed E-state index contributed by atoms with van der Waals surface area (Å²) >= 11 is 0.823. The number of aromatic nitrogens is 2. The molecule has 0 aliphatic carbocycles. The Labute approximate surface area is 201 Å². The van der Waals surface area contributed by atoms with E-state index in [2.05, 4.69) is 14.1 Å². The maximum atomic E-state index is 13.3. The highest BCUT2D eigenvalue weighted by Gasteiger charge is 2.33. The van der Waals surface area contributed by atoms with E-state index in [4.69, 9.17) is 9.47 Å². The molecule has 2 aromatic carbocycles. The van der Waals surface area contributed by atoms with Crippen molar-refractivity contribution in [2.45, 2.75) is 29.8 Å². The van der Waals surface area contributed by atoms with Crippen molar-refractivity contribution in [2.24, 2.45) is 0 Å². The van der Waals surface area contributed by atoms with Crippen LogP contribution in [0.4, 0.5) is 18.3 Å². The first kappa shape index (κ1) is 24.4. The Hall–Kier alpha value is -3.70. The van der Waals surface area contributed by atoms with E-state index < -0.39 is 33.7 Å². The third-order valence-corrected chi connectivity index (χ3v) is 7.15. The Morgan fingerprint density at radius 1 is 1.20 bits per heavy atom. The van der Waals surface area contributed by atoms with Crippen molar-refractivity contribution >= 4 is 32.7 Å². The molecule has 14 heteroatoms. The lowest BCUT2D eigenvalue weighted by atomic mass is 9.89. The SMILES string of the molecule is N#Cc1cc(S(=O)(=O)Nc2ncns2)ccc1Oc1ccc(C(F)(F)F)cc1C1CCOC(=O)C1. The lowest BCUT2D eigenvalue weighted by molar-refractivity contribution is -0.147. The number of carbonyl (C=O) groups is 1. The molecule has 1 fully saturated rings. The molecule has 35 heavy (non-hydrogen) atoms. The number of nitriles is 1. The normalized spacial score (nSPS) is 16.3. The molecule has 2 heterocycles. The molecule has 1 unspecified atom stereocenters. The van der Waals surface area contributed by atoms with Crippen LogP contribution in [0.25, 0.3) is 0 Å². The maximum absolute atomic E-state index is 13.3. The molecular formula is C21H15F3N4O5S2. The number of cyclic esters (lactones) is 1. The number of nitrogens with one attached hydrogen (secondary N) is 1. The minimum absolute atomic E-state index is 0.0109. The Balaban J connectivity index is 1.69. The molecule has 1 aromatic heterocycles. The van der Waals surface area contributed by atoms with Crippen LogP contribution in [0.1, 0.15) is 35.4 Å². The number of hydrogen-bond acceptors (Lipinski definition) is 9. The average Bonchev–Trinajstić information content (AvgIpc) is 3.31. The molecule has 1 atom stereocenters. The predicted octanol–water partition coefficient (Wildman–Crippen LogP) is 4.44. The minimum atomic E-state index is -4.61. The first-order valence-corrected chi connectivity index (χ1v) is 12.2. The standard InChI is InChI=1S/C21H15F3N4O5S2/c22-21(23,24)14-1-3-18(16(9-14)12-5-6-32-19(29)8-12)33-17-4-2-15(7-13(17)10-25)35(30,31)28-20-26-11-27-34-20/h1-4,7,9,11-12H,5-6,8H2,(H,26,27,28). The van der Waals surface area contributed by atoms with Crippen LogP contribution in [0.3, 0.4) is 0 Å². The quantitative estimate of drug-likeness (QED) is 0.468. The second-order valence-electron chi connectivity index (χ2n) is 7.38. The molecule has 1 aliphatic heterocycles. The molecule has 9 nitrogen and oxygen atoms in total. The Morgan fingerprint density at radius 2 is 1.97 bits per heavy atom. The molecule has 0 spiro atoms. The topological polar surface area (TPSA) is 131 Å². The second kappa shape index (κ2) is 9.51. The van der Waals surface area contributed by atoms with Gasteiger partial charge >= 0.3 is 12.1 Å². The van der Waals surface area contributed by atoms with Gasteiger partial charge in [0.2, 0.25) is 5.13 Å². The highest BCUT2D eigenvalue weighted by molar-refractivity contribution is 7.93. The predicted molar refractivity (Wildman–Crippen MR) is 116 cm³/mol. The molecular weight excluding hydrogens is 509 g/mol. The lowest BCUT2D eigenvalue weighted by Gasteiger charge is -2.25. The largest absolute Gasteiger partial charge is 0.466 e. The molecule has 0 saturated carbocycles. The van der Waals surface area contributed by atoms with Gasteiger partial charge in [0.05, 0.1) is 29.1 Å². The van der Waals surface area contributed by atoms with Gasteiger partial charge in [-0.3, -0.25) is 9.52 Å². The maximum Gasteiger partial charge on any atom is 0.416 e. The number of esters is 1. The second-order valence-corrected chi connectivity index (χ2v) is 9.85. The Bertz CT molecular complexity index is 1400. The van der Waals surface area contributed by atoms with E-state index in [9.17, 15) is 31.6 Å². The van der Waals surface area contributed by atoms with E-state index in [-0.39, 0.29) is 45.7 Å². The van der Waals surface area contributed by atoms with E-state index in [1.165, 1.54) is 18.5 Å². The zero-order chi connectivity index (χ0) is 25.2. The Morgan fingerprint density at radius 3 is 2.63 bits per heavy atom. The van der Waals surface area contributed by atoms with Crippen molar-refractivity contribution in [2.75, 3.05) is 11.3 Å². The van der Waals surface area contributed by atoms with Gasteiger partial charge in [0, 0.05) is 17.5 Å². The van der Waals surface area contributed by atoms with Gasteiger partial charge in [-0.2, -0.15) is 22.8 Å². The van der Waals surface area contributed by atoms with E-state index in [0.29, 0.717) is 6.42 Å². The first-order chi connectivity index (χ1) is 16.6. The van der Waals surface area contributed by atoms with Gasteiger partial charge in [0.1, 0.15) is 23.9 Å². The molecule has 1 N–H and O–H groups in total. The van der Waals surface area contributed by atoms with Gasteiger partial charge in [0.15, 0.2) is 0 Å². The third kappa shape index (κ3) is 5.52. The van der Waals surface area contributed by atoms with Gasteiger partial charge in [0.25, 0.3) is 10.0 Å². The number of benzene rings is 2. The summed E-state index contributed by atoms with van der Waals surface area (Å²) in [5, 5.41) is 9.60. The molecule has 1 saturated heterocycles. The van der Waals surface area contributed by atoms with Crippen LogP contribution >= 0.6 is 11.5 Å². The summed E-state index contributed by atoms with van der Waals surface area (Å²) in [5.74, 6) is -1.19. The van der Waals surface area contributed by atoms with E-state index >= 15 is 0 Å². The van der Waals surface area contributed by atoms with Crippen molar-refractivity contribution in [1.82, 2.24) is 9.36 Å². The highest BCUT2D eigenvalue weighted by Crippen LogP contribution is 2.41. The number of ether oxygens (including phenoxy) is 2. The number of carbonyl (C=O) groups excluding carboxylic acids is 1. The van der Waals surface area contributed by atoms with E-state index in [0.717, 1.165) is 35.8 Å². The van der Waals surface area contributed by atoms with Crippen LogP contribution in [0.2, 0.25) is 0 Å². The Kier molecular flexibility index (Phi) is 6.64. The van der Waals surface area contributed by atoms with Gasteiger partial charge in [-0.25, -0.2) is 13.4 Å². The summed E-state index contributed by atoms with van der Waals surface area (Å²) in [5.41, 5.74) is -0.947. The fourth-order valence-corrected chi connectivity index (χ4v) is 5.13. The number of hydrogen-bond donors (Lipinski definition) is 1. The molecule has 182 valence electrons. The van der Waals surface area contributed by atoms with Crippen LogP contribution in [0.15, 0.2) is 47.6 Å². The number of anilines is 1. The summed E-state index contributed by atoms with van der Waals surface area (Å²) in [6, 6.07) is 8.16. The van der Waals surface area contributed by atoms with E-state index in [1.807, 2.05) is 6.07 Å². The third-order valence-electron chi connectivity index (χ3n) is 5.10. The van der Waals surface area contributed by atoms with E-state index in [1.54, 1.807) is 0 Å². The molecule has 0 bridgehead atoms. The zero-order valence-electron chi connectivity index (χ0n) is 17.6. The summed E-state index contributed by atoms with van der Waals surface area (Å²) in [7, 11) is -4.08. The van der Waals surface area contributed by atoms with Crippen LogP contribution in [-0.2, 0) is 25.7 Å². The first-order valence-electron chi connectivity index (χ1n) is 9.95. The smallest absolute Gasteiger partial charge is 0.416 e. The average molecular weight is 525 g/mol. The minimum Gasteiger partial charge on any atom is -0.466 e. The number of rotatable bonds is 6. The lowest BCUT2D eigenvalue weighted by Crippen LogP contribution is -2.20. The van der Waals surface area contributed by atoms with Crippen molar-refractivity contribution in [3.63, 3.8) is 0 Å². The molecule has 4 rings (SSSR count). The molecule has 0 radical (unpaired) electrons. The summed E-state index contributed by atoms with van der Waals surface area (Å²) in [6.45, 7) is 0.0524. The molecule has 1 aliphatic rings. The van der Waals surface area contributed by atoms with Crippen molar-refractivity contribution in [3.8, 4) is 17.6 Å². The number of halogens is 3. The van der Waals surface area contributed by atoms with Crippen molar-refractivity contribution < 1.29 is 35.9 Å². The van der Waals surface area contributed by atoms with Crippen molar-refractivity contribution in [3.05, 3.63) is 59.4 Å². The fourth-order valence-electron chi connectivity index (χ4n) is 3.44. The number of alkyl halides is 3. The van der Waals surface area contributed by atoms with Gasteiger partial charge in [-0.1, -0.05) is 0 Å². The molecule has 3 aromatic rings. The van der Waals surface area contributed by atoms with Crippen LogP contribution in [-0.4, -0.2) is 30.4 Å². The van der Waals surface area contributed by atoms with Gasteiger partial charge < -0.3 is 9.47 Å². The molecule has 0 amide bonds. The monoisotopic (exact) mass is 524 g/mol. The van der Waals surface area contributed by atoms with Crippen LogP contribution < -0.4 is 9.46 Å². The summed E-state index contributed by atoms with van der Waals surface area (Å²) < 4.78 is 81.8. The summed E-state index contributed by atoms with van der Waals surface area (Å²) in [4.78, 5) is 15.2. The number of sulfonamides is 1. The van der Waals surface area contributed by atoms with Crippen LogP contribution in [0, 0.1) is 11.3 Å². The zero-order valence-corrected chi connectivity index (χ0v) is 19.2. The van der Waals surface area contributed by atoms with Gasteiger partial charge in [-0.15, -0.1) is 0 Å². The van der Waals surface area contributed by atoms with Crippen molar-refractivity contribution in [1.29, 1.82) is 5.26 Å². The fraction of sp³-hybridized carbons (Fsp3) is 0.238. The highest BCUT2D eigenvalue weighted by atomic mass is 32.2. The van der Waals surface area contributed by atoms with Gasteiger partial charge in [-0.05, 0) is 48.4 Å². The summed E-state index contributed by atoms with van der Waals surface area (Å²) in [6.07, 6.45) is -3.27.